The second kappa shape index (κ2) is 8.03. The Morgan fingerprint density at radius 2 is 2.06 bits per heavy atom. The summed E-state index contributed by atoms with van der Waals surface area (Å²) in [4.78, 5) is 8.75. The molecule has 0 unspecified atom stereocenters. The van der Waals surface area contributed by atoms with Crippen molar-refractivity contribution in [2.45, 2.75) is 58.9 Å². The lowest BCUT2D eigenvalue weighted by Gasteiger charge is -2.11. The average Bonchev–Trinajstić information content (AvgIpc) is 2.38. The largest absolute Gasteiger partial charge is 0.490 e. The molecule has 1 aromatic rings. The Bertz CT molecular complexity index is 353. The Balaban J connectivity index is 2.54. The second-order valence-electron chi connectivity index (χ2n) is 4.81. The third-order valence-corrected chi connectivity index (χ3v) is 2.81. The normalized spacial score (nSPS) is 10.9. The van der Waals surface area contributed by atoms with Crippen LogP contribution in [0.3, 0.4) is 0 Å². The number of rotatable bonds is 8. The predicted octanol–water partition coefficient (Wildman–Crippen LogP) is 3.02. The minimum Gasteiger partial charge on any atom is -0.490 e. The van der Waals surface area contributed by atoms with Crippen LogP contribution in [0.2, 0.25) is 0 Å². The van der Waals surface area contributed by atoms with Crippen LogP contribution >= 0.6 is 0 Å². The van der Waals surface area contributed by atoms with Crippen LogP contribution in [0.25, 0.3) is 0 Å². The van der Waals surface area contributed by atoms with E-state index in [1.807, 2.05) is 0 Å². The van der Waals surface area contributed by atoms with E-state index in [1.165, 1.54) is 19.3 Å². The fourth-order valence-corrected chi connectivity index (χ4v) is 1.68. The van der Waals surface area contributed by atoms with Crippen molar-refractivity contribution in [2.24, 2.45) is 5.73 Å². The number of nitrogens with zero attached hydrogens (tertiary/aromatic N) is 2. The topological polar surface area (TPSA) is 61.0 Å². The van der Waals surface area contributed by atoms with Gasteiger partial charge in [0.05, 0.1) is 18.5 Å². The van der Waals surface area contributed by atoms with Crippen molar-refractivity contribution in [1.29, 1.82) is 0 Å². The van der Waals surface area contributed by atoms with E-state index in [9.17, 15) is 0 Å². The zero-order valence-electron chi connectivity index (χ0n) is 11.8. The van der Waals surface area contributed by atoms with Gasteiger partial charge in [-0.15, -0.1) is 0 Å². The molecule has 0 atom stereocenters. The molecule has 0 spiro atoms. The van der Waals surface area contributed by atoms with Gasteiger partial charge in [0.15, 0.2) is 5.75 Å². The first kappa shape index (κ1) is 14.9. The van der Waals surface area contributed by atoms with Gasteiger partial charge in [-0.2, -0.15) is 0 Å². The molecule has 4 heteroatoms. The maximum absolute atomic E-state index is 5.70. The summed E-state index contributed by atoms with van der Waals surface area (Å²) in [6.45, 7) is 7.46. The van der Waals surface area contributed by atoms with Crippen molar-refractivity contribution >= 4 is 0 Å². The molecule has 18 heavy (non-hydrogen) atoms. The maximum atomic E-state index is 5.70. The van der Waals surface area contributed by atoms with E-state index >= 15 is 0 Å². The van der Waals surface area contributed by atoms with Gasteiger partial charge in [0.2, 0.25) is 0 Å². The molecule has 0 saturated heterocycles. The first-order valence-electron chi connectivity index (χ1n) is 6.87. The lowest BCUT2D eigenvalue weighted by Crippen LogP contribution is -2.09. The van der Waals surface area contributed by atoms with E-state index in [0.29, 0.717) is 12.5 Å². The van der Waals surface area contributed by atoms with Gasteiger partial charge < -0.3 is 10.5 Å². The number of hydrogen-bond acceptors (Lipinski definition) is 4. The first-order valence-corrected chi connectivity index (χ1v) is 6.87. The third-order valence-electron chi connectivity index (χ3n) is 2.81. The number of ether oxygens (including phenoxy) is 1. The van der Waals surface area contributed by atoms with Gasteiger partial charge in [-0.05, 0) is 6.42 Å². The maximum Gasteiger partial charge on any atom is 0.160 e. The van der Waals surface area contributed by atoms with Crippen LogP contribution in [0.4, 0.5) is 0 Å². The minimum atomic E-state index is 0.314. The molecule has 0 radical (unpaired) electrons. The van der Waals surface area contributed by atoms with Gasteiger partial charge in [-0.1, -0.05) is 40.0 Å². The van der Waals surface area contributed by atoms with Crippen molar-refractivity contribution in [3.63, 3.8) is 0 Å². The van der Waals surface area contributed by atoms with E-state index in [2.05, 4.69) is 30.7 Å². The van der Waals surface area contributed by atoms with Crippen molar-refractivity contribution in [3.05, 3.63) is 17.7 Å². The van der Waals surface area contributed by atoms with E-state index in [-0.39, 0.29) is 0 Å². The molecule has 0 aliphatic rings. The van der Waals surface area contributed by atoms with Gasteiger partial charge in [-0.3, -0.25) is 0 Å². The molecular formula is C14H25N3O. The van der Waals surface area contributed by atoms with Crippen LogP contribution in [-0.2, 0) is 6.54 Å². The van der Waals surface area contributed by atoms with Crippen LogP contribution in [0, 0.1) is 0 Å². The molecule has 0 aliphatic carbocycles. The fraction of sp³-hybridized carbons (Fsp3) is 0.714. The SMILES string of the molecule is CCCCCCOc1cnc(C(C)C)nc1CN. The van der Waals surface area contributed by atoms with Crippen molar-refractivity contribution in [3.8, 4) is 5.75 Å². The Morgan fingerprint density at radius 3 is 2.67 bits per heavy atom. The lowest BCUT2D eigenvalue weighted by atomic mass is 10.2. The van der Waals surface area contributed by atoms with Crippen molar-refractivity contribution in [1.82, 2.24) is 9.97 Å². The monoisotopic (exact) mass is 251 g/mol. The highest BCUT2D eigenvalue weighted by Gasteiger charge is 2.09. The molecule has 0 aromatic carbocycles. The molecule has 0 bridgehead atoms. The zero-order valence-corrected chi connectivity index (χ0v) is 11.8. The molecule has 0 fully saturated rings. The lowest BCUT2D eigenvalue weighted by molar-refractivity contribution is 0.298. The first-order chi connectivity index (χ1) is 8.69. The van der Waals surface area contributed by atoms with Crippen LogP contribution in [-0.4, -0.2) is 16.6 Å². The second-order valence-corrected chi connectivity index (χ2v) is 4.81. The average molecular weight is 251 g/mol. The molecule has 1 aromatic heterocycles. The molecule has 102 valence electrons. The van der Waals surface area contributed by atoms with Gasteiger partial charge in [0.1, 0.15) is 5.82 Å². The minimum absolute atomic E-state index is 0.314. The predicted molar refractivity (Wildman–Crippen MR) is 73.6 cm³/mol. The van der Waals surface area contributed by atoms with E-state index in [0.717, 1.165) is 30.3 Å². The van der Waals surface area contributed by atoms with Crippen LogP contribution in [0.5, 0.6) is 5.75 Å². The Hall–Kier alpha value is -1.16. The summed E-state index contributed by atoms with van der Waals surface area (Å²) in [5.41, 5.74) is 6.51. The standard InChI is InChI=1S/C14H25N3O/c1-4-5-6-7-8-18-13-10-16-14(11(2)3)17-12(13)9-15/h10-11H,4-9,15H2,1-3H3. The smallest absolute Gasteiger partial charge is 0.160 e. The highest BCUT2D eigenvalue weighted by Crippen LogP contribution is 2.18. The molecule has 2 N–H and O–H groups in total. The van der Waals surface area contributed by atoms with Gasteiger partial charge >= 0.3 is 0 Å². The Kier molecular flexibility index (Phi) is 6.65. The number of hydrogen-bond donors (Lipinski definition) is 1. The highest BCUT2D eigenvalue weighted by atomic mass is 16.5. The quantitative estimate of drug-likeness (QED) is 0.721. The summed E-state index contributed by atoms with van der Waals surface area (Å²) in [5.74, 6) is 1.88. The fourth-order valence-electron chi connectivity index (χ4n) is 1.68. The van der Waals surface area contributed by atoms with Crippen molar-refractivity contribution < 1.29 is 4.74 Å². The molecule has 1 rings (SSSR count). The molecular weight excluding hydrogens is 226 g/mol. The summed E-state index contributed by atoms with van der Waals surface area (Å²) < 4.78 is 5.70. The highest BCUT2D eigenvalue weighted by molar-refractivity contribution is 5.25. The summed E-state index contributed by atoms with van der Waals surface area (Å²) in [6, 6.07) is 0. The zero-order chi connectivity index (χ0) is 13.4. The molecule has 1 heterocycles. The van der Waals surface area contributed by atoms with Crippen molar-refractivity contribution in [2.75, 3.05) is 6.61 Å². The molecule has 0 amide bonds. The number of unbranched alkanes of at least 4 members (excludes halogenated alkanes) is 3. The summed E-state index contributed by atoms with van der Waals surface area (Å²) in [6.07, 6.45) is 6.53. The van der Waals surface area contributed by atoms with E-state index in [1.54, 1.807) is 6.20 Å². The summed E-state index contributed by atoms with van der Waals surface area (Å²) in [5, 5.41) is 0. The van der Waals surface area contributed by atoms with Crippen LogP contribution in [0.15, 0.2) is 6.20 Å². The molecule has 4 nitrogen and oxygen atoms in total. The Labute approximate surface area is 110 Å². The summed E-state index contributed by atoms with van der Waals surface area (Å²) >= 11 is 0. The van der Waals surface area contributed by atoms with Gasteiger partial charge in [-0.25, -0.2) is 9.97 Å². The van der Waals surface area contributed by atoms with Crippen LogP contribution in [0.1, 0.15) is 63.9 Å². The van der Waals surface area contributed by atoms with Gasteiger partial charge in [0.25, 0.3) is 0 Å². The summed E-state index contributed by atoms with van der Waals surface area (Å²) in [7, 11) is 0. The van der Waals surface area contributed by atoms with E-state index < -0.39 is 0 Å². The Morgan fingerprint density at radius 1 is 1.28 bits per heavy atom. The molecule has 0 saturated carbocycles. The number of aromatic nitrogens is 2. The van der Waals surface area contributed by atoms with E-state index in [4.69, 9.17) is 10.5 Å². The van der Waals surface area contributed by atoms with Gasteiger partial charge in [0, 0.05) is 12.5 Å². The van der Waals surface area contributed by atoms with Crippen LogP contribution < -0.4 is 10.5 Å². The number of nitrogens with two attached hydrogens (primary N) is 1. The molecule has 0 aliphatic heterocycles. The third kappa shape index (κ3) is 4.61.